The van der Waals surface area contributed by atoms with E-state index in [4.69, 9.17) is 10.5 Å². The van der Waals surface area contributed by atoms with Gasteiger partial charge < -0.3 is 26.0 Å². The highest BCUT2D eigenvalue weighted by Gasteiger charge is 2.07. The van der Waals surface area contributed by atoms with Gasteiger partial charge in [-0.25, -0.2) is 4.98 Å². The van der Waals surface area contributed by atoms with Crippen LogP contribution in [0.15, 0.2) is 78.2 Å². The molecule has 0 saturated carbocycles. The van der Waals surface area contributed by atoms with Crippen molar-refractivity contribution >= 4 is 29.2 Å². The molecule has 9 heteroatoms. The van der Waals surface area contributed by atoms with Gasteiger partial charge in [0.15, 0.2) is 0 Å². The van der Waals surface area contributed by atoms with Crippen molar-refractivity contribution in [3.63, 3.8) is 0 Å². The van der Waals surface area contributed by atoms with Gasteiger partial charge in [-0.15, -0.1) is 11.3 Å². The number of carbonyl (C=O) groups excluding carboxylic acids is 2. The fraction of sp³-hybridized carbons (Fsp3) is 0.303. The zero-order chi connectivity index (χ0) is 30.7. The van der Waals surface area contributed by atoms with Crippen LogP contribution in [-0.4, -0.2) is 56.4 Å². The number of thiazole rings is 1. The molecule has 8 nitrogen and oxygen atoms in total. The van der Waals surface area contributed by atoms with Crippen LogP contribution in [0.25, 0.3) is 0 Å². The Kier molecular flexibility index (Phi) is 15.6. The van der Waals surface area contributed by atoms with Crippen LogP contribution in [0, 0.1) is 13.8 Å². The lowest BCUT2D eigenvalue weighted by atomic mass is 10.1. The van der Waals surface area contributed by atoms with Crippen molar-refractivity contribution in [2.75, 3.05) is 40.0 Å². The number of aryl methyl sites for hydroxylation is 2. The smallest absolute Gasteiger partial charge is 0.251 e. The Morgan fingerprint density at radius 2 is 1.79 bits per heavy atom. The second-order valence-electron chi connectivity index (χ2n) is 9.92. The first-order valence-electron chi connectivity index (χ1n) is 13.7. The third kappa shape index (κ3) is 14.0. The number of ether oxygens (including phenoxy) is 1. The highest BCUT2D eigenvalue weighted by molar-refractivity contribution is 7.09. The van der Waals surface area contributed by atoms with Gasteiger partial charge in [-0.05, 0) is 76.8 Å². The summed E-state index contributed by atoms with van der Waals surface area (Å²) in [6.07, 6.45) is 1.47. The van der Waals surface area contributed by atoms with E-state index in [9.17, 15) is 9.59 Å². The lowest BCUT2D eigenvalue weighted by molar-refractivity contribution is 0.0953. The minimum atomic E-state index is -0.233. The maximum Gasteiger partial charge on any atom is 0.251 e. The molecule has 0 saturated heterocycles. The van der Waals surface area contributed by atoms with Crippen LogP contribution in [0.4, 0.5) is 5.69 Å². The Balaban J connectivity index is 0.000000293. The SMILES string of the molecule is COc1cccc(CNCCCNC(=O)c2cc(N)cc(C=O)c2)c1.Cc1ccccc1.Cc1csc(CN(C)C)n1. The van der Waals surface area contributed by atoms with Crippen LogP contribution in [0.3, 0.4) is 0 Å². The van der Waals surface area contributed by atoms with Crippen molar-refractivity contribution in [2.24, 2.45) is 0 Å². The number of anilines is 1. The second kappa shape index (κ2) is 19.1. The monoisotopic (exact) mass is 589 g/mol. The van der Waals surface area contributed by atoms with Gasteiger partial charge in [0.2, 0.25) is 0 Å². The summed E-state index contributed by atoms with van der Waals surface area (Å²) in [7, 11) is 5.75. The number of amides is 1. The molecule has 1 amide bonds. The molecule has 4 aromatic rings. The summed E-state index contributed by atoms with van der Waals surface area (Å²) in [5.41, 5.74) is 10.5. The zero-order valence-electron chi connectivity index (χ0n) is 25.2. The highest BCUT2D eigenvalue weighted by atomic mass is 32.1. The molecular formula is C33H43N5O3S. The first kappa shape index (κ1) is 34.2. The number of hydrogen-bond donors (Lipinski definition) is 3. The third-order valence-electron chi connectivity index (χ3n) is 5.71. The molecule has 42 heavy (non-hydrogen) atoms. The molecule has 224 valence electrons. The first-order chi connectivity index (χ1) is 20.2. The van der Waals surface area contributed by atoms with Crippen LogP contribution in [0.2, 0.25) is 0 Å². The van der Waals surface area contributed by atoms with E-state index in [2.05, 4.69) is 59.0 Å². The number of nitrogens with two attached hydrogens (primary N) is 1. The predicted octanol–water partition coefficient (Wildman–Crippen LogP) is 5.51. The van der Waals surface area contributed by atoms with E-state index in [0.29, 0.717) is 29.6 Å². The number of hydrogen-bond acceptors (Lipinski definition) is 8. The molecule has 0 radical (unpaired) electrons. The van der Waals surface area contributed by atoms with Crippen molar-refractivity contribution in [3.8, 4) is 5.75 Å². The van der Waals surface area contributed by atoms with E-state index in [1.54, 1.807) is 24.5 Å². The average Bonchev–Trinajstić information content (AvgIpc) is 3.39. The normalized spacial score (nSPS) is 10.1. The molecule has 0 aliphatic heterocycles. The summed E-state index contributed by atoms with van der Waals surface area (Å²) in [6.45, 7) is 7.11. The van der Waals surface area contributed by atoms with Crippen LogP contribution >= 0.6 is 11.3 Å². The van der Waals surface area contributed by atoms with Gasteiger partial charge in [0.25, 0.3) is 5.91 Å². The summed E-state index contributed by atoms with van der Waals surface area (Å²) < 4.78 is 5.19. The molecule has 1 aromatic heterocycles. The fourth-order valence-corrected chi connectivity index (χ4v) is 4.58. The molecule has 0 atom stereocenters. The van der Waals surface area contributed by atoms with E-state index >= 15 is 0 Å². The molecule has 0 aliphatic rings. The Morgan fingerprint density at radius 3 is 2.38 bits per heavy atom. The zero-order valence-corrected chi connectivity index (χ0v) is 26.0. The van der Waals surface area contributed by atoms with Crippen molar-refractivity contribution < 1.29 is 14.3 Å². The van der Waals surface area contributed by atoms with Gasteiger partial charge in [-0.1, -0.05) is 48.0 Å². The third-order valence-corrected chi connectivity index (χ3v) is 6.67. The van der Waals surface area contributed by atoms with Crippen molar-refractivity contribution in [3.05, 3.63) is 111 Å². The molecule has 0 aliphatic carbocycles. The maximum absolute atomic E-state index is 12.1. The summed E-state index contributed by atoms with van der Waals surface area (Å²) in [5.74, 6) is 0.603. The number of nitrogens with zero attached hydrogens (tertiary/aromatic N) is 2. The molecule has 3 aromatic carbocycles. The van der Waals surface area contributed by atoms with E-state index < -0.39 is 0 Å². The molecule has 4 N–H and O–H groups in total. The van der Waals surface area contributed by atoms with Crippen molar-refractivity contribution in [1.29, 1.82) is 0 Å². The minimum Gasteiger partial charge on any atom is -0.497 e. The highest BCUT2D eigenvalue weighted by Crippen LogP contribution is 2.13. The Labute approximate surface area is 253 Å². The Hall–Kier alpha value is -4.05. The van der Waals surface area contributed by atoms with Gasteiger partial charge in [-0.3, -0.25) is 9.59 Å². The average molecular weight is 590 g/mol. The van der Waals surface area contributed by atoms with Gasteiger partial charge in [0.05, 0.1) is 7.11 Å². The number of carbonyl (C=O) groups is 2. The van der Waals surface area contributed by atoms with Crippen molar-refractivity contribution in [1.82, 2.24) is 20.5 Å². The molecule has 0 fully saturated rings. The lowest BCUT2D eigenvalue weighted by Gasteiger charge is -2.08. The molecule has 0 spiro atoms. The molecule has 1 heterocycles. The number of rotatable bonds is 11. The fourth-order valence-electron chi connectivity index (χ4n) is 3.69. The van der Waals surface area contributed by atoms with Crippen molar-refractivity contribution in [2.45, 2.75) is 33.4 Å². The van der Waals surface area contributed by atoms with E-state index in [1.807, 2.05) is 49.4 Å². The number of methoxy groups -OCH3 is 1. The molecule has 4 rings (SSSR count). The lowest BCUT2D eigenvalue weighted by Crippen LogP contribution is -2.27. The largest absolute Gasteiger partial charge is 0.497 e. The van der Waals surface area contributed by atoms with Gasteiger partial charge in [-0.2, -0.15) is 0 Å². The summed E-state index contributed by atoms with van der Waals surface area (Å²) in [4.78, 5) is 29.3. The molecular weight excluding hydrogens is 546 g/mol. The van der Waals surface area contributed by atoms with Crippen LogP contribution < -0.4 is 21.1 Å². The Bertz CT molecular complexity index is 1360. The molecule has 0 bridgehead atoms. The number of benzene rings is 3. The number of nitrogen functional groups attached to an aromatic ring is 1. The van der Waals surface area contributed by atoms with Crippen LogP contribution in [-0.2, 0) is 13.1 Å². The van der Waals surface area contributed by atoms with Crippen LogP contribution in [0.5, 0.6) is 5.75 Å². The van der Waals surface area contributed by atoms with Gasteiger partial charge >= 0.3 is 0 Å². The Morgan fingerprint density at radius 1 is 1.02 bits per heavy atom. The van der Waals surface area contributed by atoms with E-state index in [0.717, 1.165) is 43.1 Å². The predicted molar refractivity (Wildman–Crippen MR) is 173 cm³/mol. The molecule has 0 unspecified atom stereocenters. The number of nitrogens with one attached hydrogen (secondary N) is 2. The van der Waals surface area contributed by atoms with Crippen LogP contribution in [0.1, 0.15) is 49.0 Å². The number of aromatic nitrogens is 1. The summed E-state index contributed by atoms with van der Waals surface area (Å²) >= 11 is 1.73. The minimum absolute atomic E-state index is 0.233. The topological polar surface area (TPSA) is 110 Å². The summed E-state index contributed by atoms with van der Waals surface area (Å²) in [6, 6.07) is 22.8. The van der Waals surface area contributed by atoms with Gasteiger partial charge in [0, 0.05) is 47.5 Å². The number of aldehydes is 1. The quantitative estimate of drug-likeness (QED) is 0.120. The standard InChI is InChI=1S/C19H23N3O3.C7H12N2S.C7H8/c1-25-18-5-2-4-14(10-18)12-21-6-3-7-22-19(24)16-8-15(13-23)9-17(20)11-16;1-6-5-10-7(8-6)4-9(2)3;1-7-5-3-2-4-6-7/h2,4-5,8-11,13,21H,3,6-7,12,20H2,1H3,(H,22,24);5H,4H2,1-3H3;2-6H,1H3. The van der Waals surface area contributed by atoms with E-state index in [1.165, 1.54) is 22.7 Å². The van der Waals surface area contributed by atoms with Gasteiger partial charge in [0.1, 0.15) is 17.0 Å². The summed E-state index contributed by atoms with van der Waals surface area (Å²) in [5, 5.41) is 9.42. The van der Waals surface area contributed by atoms with E-state index in [-0.39, 0.29) is 5.91 Å². The second-order valence-corrected chi connectivity index (χ2v) is 10.9. The first-order valence-corrected chi connectivity index (χ1v) is 14.6. The maximum atomic E-state index is 12.1.